The Kier molecular flexibility index (Phi) is 6.85. The van der Waals surface area contributed by atoms with Crippen LogP contribution in [-0.2, 0) is 0 Å². The molecule has 0 bridgehead atoms. The van der Waals surface area contributed by atoms with Gasteiger partial charge >= 0.3 is 6.03 Å². The highest BCUT2D eigenvalue weighted by atomic mass is 35.5. The summed E-state index contributed by atoms with van der Waals surface area (Å²) in [5.74, 6) is 0.170. The molecular formula is C26H27ClN4O2S. The first-order valence-electron chi connectivity index (χ1n) is 11.6. The van der Waals surface area contributed by atoms with E-state index >= 15 is 0 Å². The molecule has 2 fully saturated rings. The molecule has 4 N–H and O–H groups in total. The zero-order valence-electron chi connectivity index (χ0n) is 18.6. The number of carbonyl (C=O) groups is 2. The molecule has 1 aromatic heterocycles. The Morgan fingerprint density at radius 2 is 1.82 bits per heavy atom. The quantitative estimate of drug-likeness (QED) is 0.379. The average Bonchev–Trinajstić information content (AvgIpc) is 3.49. The molecule has 2 aliphatic rings. The molecule has 34 heavy (non-hydrogen) atoms. The Labute approximate surface area is 208 Å². The van der Waals surface area contributed by atoms with Gasteiger partial charge in [-0.15, -0.1) is 11.3 Å². The summed E-state index contributed by atoms with van der Waals surface area (Å²) in [7, 11) is 0. The molecule has 1 aliphatic carbocycles. The fraction of sp³-hybridized carbons (Fsp3) is 0.308. The van der Waals surface area contributed by atoms with Crippen molar-refractivity contribution in [3.63, 3.8) is 0 Å². The van der Waals surface area contributed by atoms with E-state index in [1.54, 1.807) is 0 Å². The van der Waals surface area contributed by atoms with Crippen LogP contribution in [0.25, 0.3) is 10.4 Å². The zero-order valence-corrected chi connectivity index (χ0v) is 20.2. The van der Waals surface area contributed by atoms with Gasteiger partial charge < -0.3 is 21.3 Å². The molecule has 176 valence electrons. The number of nitrogens with one attached hydrogen (secondary N) is 4. The van der Waals surface area contributed by atoms with Crippen molar-refractivity contribution >= 4 is 40.6 Å². The predicted octanol–water partition coefficient (Wildman–Crippen LogP) is 5.23. The van der Waals surface area contributed by atoms with Gasteiger partial charge in [-0.05, 0) is 55.1 Å². The van der Waals surface area contributed by atoms with Gasteiger partial charge in [-0.3, -0.25) is 4.79 Å². The molecule has 1 saturated carbocycles. The van der Waals surface area contributed by atoms with Crippen molar-refractivity contribution in [3.05, 3.63) is 76.1 Å². The van der Waals surface area contributed by atoms with Crippen molar-refractivity contribution in [3.8, 4) is 10.4 Å². The van der Waals surface area contributed by atoms with E-state index in [-0.39, 0.29) is 24.0 Å². The smallest absolute Gasteiger partial charge is 0.319 e. The van der Waals surface area contributed by atoms with Crippen LogP contribution in [-0.4, -0.2) is 37.1 Å². The van der Waals surface area contributed by atoms with Gasteiger partial charge in [-0.2, -0.15) is 0 Å². The normalized spacial score (nSPS) is 21.5. The van der Waals surface area contributed by atoms with Crippen LogP contribution >= 0.6 is 22.9 Å². The fourth-order valence-electron chi connectivity index (χ4n) is 4.38. The highest BCUT2D eigenvalue weighted by Crippen LogP contribution is 2.41. The van der Waals surface area contributed by atoms with Crippen molar-refractivity contribution in [2.45, 2.75) is 37.3 Å². The maximum absolute atomic E-state index is 13.2. The number of benzene rings is 2. The summed E-state index contributed by atoms with van der Waals surface area (Å²) in [6, 6.07) is 19.4. The number of carbonyl (C=O) groups excluding carboxylic acids is 2. The van der Waals surface area contributed by atoms with E-state index in [4.69, 9.17) is 11.6 Å². The van der Waals surface area contributed by atoms with Crippen LogP contribution in [0.2, 0.25) is 5.02 Å². The molecule has 0 spiro atoms. The van der Waals surface area contributed by atoms with Crippen LogP contribution in [0.3, 0.4) is 0 Å². The van der Waals surface area contributed by atoms with Crippen molar-refractivity contribution in [2.24, 2.45) is 0 Å². The SMILES string of the molecule is O=C(Nc1cc(-c2ccc(Cl)cc2)sc1C(=O)N[C@H]1CCCNC1)N[C@@H]1C[C@@H]1c1ccccc1. The second-order valence-electron chi connectivity index (χ2n) is 8.83. The van der Waals surface area contributed by atoms with Crippen LogP contribution in [0.5, 0.6) is 0 Å². The molecule has 3 amide bonds. The molecule has 5 rings (SSSR count). The number of rotatable bonds is 6. The van der Waals surface area contributed by atoms with Crippen molar-refractivity contribution in [1.82, 2.24) is 16.0 Å². The lowest BCUT2D eigenvalue weighted by molar-refractivity contribution is 0.0935. The van der Waals surface area contributed by atoms with Crippen LogP contribution < -0.4 is 21.3 Å². The fourth-order valence-corrected chi connectivity index (χ4v) is 5.53. The Morgan fingerprint density at radius 3 is 2.56 bits per heavy atom. The highest BCUT2D eigenvalue weighted by molar-refractivity contribution is 7.18. The zero-order chi connectivity index (χ0) is 23.5. The molecule has 8 heteroatoms. The highest BCUT2D eigenvalue weighted by Gasteiger charge is 2.39. The third-order valence-corrected chi connectivity index (χ3v) is 7.72. The number of piperidine rings is 1. The van der Waals surface area contributed by atoms with E-state index in [9.17, 15) is 9.59 Å². The molecular weight excluding hydrogens is 468 g/mol. The molecule has 0 unspecified atom stereocenters. The maximum Gasteiger partial charge on any atom is 0.319 e. The van der Waals surface area contributed by atoms with Gasteiger partial charge in [0.2, 0.25) is 0 Å². The summed E-state index contributed by atoms with van der Waals surface area (Å²) in [5, 5.41) is 13.1. The Morgan fingerprint density at radius 1 is 1.03 bits per heavy atom. The van der Waals surface area contributed by atoms with Crippen molar-refractivity contribution in [1.29, 1.82) is 0 Å². The van der Waals surface area contributed by atoms with Gasteiger partial charge in [-0.1, -0.05) is 54.1 Å². The van der Waals surface area contributed by atoms with Gasteiger partial charge in [0.1, 0.15) is 4.88 Å². The molecule has 6 nitrogen and oxygen atoms in total. The van der Waals surface area contributed by atoms with E-state index in [2.05, 4.69) is 33.4 Å². The lowest BCUT2D eigenvalue weighted by Crippen LogP contribution is -2.45. The van der Waals surface area contributed by atoms with Gasteiger partial charge in [0.15, 0.2) is 0 Å². The van der Waals surface area contributed by atoms with Gasteiger partial charge in [-0.25, -0.2) is 4.79 Å². The third-order valence-electron chi connectivity index (χ3n) is 6.28. The van der Waals surface area contributed by atoms with Crippen molar-refractivity contribution < 1.29 is 9.59 Å². The summed E-state index contributed by atoms with van der Waals surface area (Å²) in [4.78, 5) is 27.4. The van der Waals surface area contributed by atoms with Crippen molar-refractivity contribution in [2.75, 3.05) is 18.4 Å². The number of hydrogen-bond donors (Lipinski definition) is 4. The average molecular weight is 495 g/mol. The molecule has 2 heterocycles. The van der Waals surface area contributed by atoms with Gasteiger partial charge in [0.25, 0.3) is 5.91 Å². The summed E-state index contributed by atoms with van der Waals surface area (Å²) >= 11 is 7.41. The summed E-state index contributed by atoms with van der Waals surface area (Å²) in [5.41, 5.74) is 2.70. The predicted molar refractivity (Wildman–Crippen MR) is 138 cm³/mol. The number of amides is 3. The summed E-state index contributed by atoms with van der Waals surface area (Å²) in [6.07, 6.45) is 2.89. The monoisotopic (exact) mass is 494 g/mol. The second-order valence-corrected chi connectivity index (χ2v) is 10.3. The van der Waals surface area contributed by atoms with Crippen LogP contribution in [0.15, 0.2) is 60.7 Å². The lowest BCUT2D eigenvalue weighted by atomic mass is 10.1. The molecule has 0 radical (unpaired) electrons. The van der Waals surface area contributed by atoms with E-state index in [0.717, 1.165) is 42.8 Å². The van der Waals surface area contributed by atoms with Crippen LogP contribution in [0, 0.1) is 0 Å². The van der Waals surface area contributed by atoms with E-state index in [0.29, 0.717) is 21.5 Å². The first-order valence-corrected chi connectivity index (χ1v) is 12.8. The summed E-state index contributed by atoms with van der Waals surface area (Å²) in [6.45, 7) is 1.73. The topological polar surface area (TPSA) is 82.3 Å². The number of anilines is 1. The largest absolute Gasteiger partial charge is 0.347 e. The van der Waals surface area contributed by atoms with Crippen LogP contribution in [0.4, 0.5) is 10.5 Å². The lowest BCUT2D eigenvalue weighted by Gasteiger charge is -2.23. The van der Waals surface area contributed by atoms with Gasteiger partial charge in [0.05, 0.1) is 5.69 Å². The van der Waals surface area contributed by atoms with Crippen LogP contribution in [0.1, 0.15) is 40.4 Å². The second kappa shape index (κ2) is 10.2. The number of halogens is 1. The Bertz CT molecular complexity index is 1160. The molecule has 3 atom stereocenters. The Hall–Kier alpha value is -2.87. The first kappa shape index (κ1) is 22.9. The minimum Gasteiger partial charge on any atom is -0.347 e. The minimum atomic E-state index is -0.294. The van der Waals surface area contributed by atoms with E-state index < -0.39 is 0 Å². The number of thiophene rings is 1. The Balaban J connectivity index is 1.31. The van der Waals surface area contributed by atoms with E-state index in [1.807, 2.05) is 48.5 Å². The third kappa shape index (κ3) is 5.43. The molecule has 2 aromatic carbocycles. The molecule has 1 saturated heterocycles. The van der Waals surface area contributed by atoms with E-state index in [1.165, 1.54) is 16.9 Å². The first-order chi connectivity index (χ1) is 16.6. The number of urea groups is 1. The minimum absolute atomic E-state index is 0.0853. The summed E-state index contributed by atoms with van der Waals surface area (Å²) < 4.78 is 0. The molecule has 1 aliphatic heterocycles. The maximum atomic E-state index is 13.2. The molecule has 3 aromatic rings. The number of hydrogen-bond acceptors (Lipinski definition) is 4. The standard InChI is InChI=1S/C26H27ClN4O2S/c27-18-10-8-17(9-11-18)23-14-22(24(34-23)25(32)29-19-7-4-12-28-15-19)31-26(33)30-21-13-20(21)16-5-2-1-3-6-16/h1-3,5-6,8-11,14,19-21,28H,4,7,12-13,15H2,(H,29,32)(H2,30,31,33)/t19-,20+,21+/m0/s1. The van der Waals surface area contributed by atoms with Gasteiger partial charge in [0, 0.05) is 34.4 Å².